The van der Waals surface area contributed by atoms with Gasteiger partial charge in [-0.15, -0.1) is 17.3 Å². The highest BCUT2D eigenvalue weighted by atomic mass is 32.2. The molecule has 0 spiro atoms. The molecule has 3 nitrogen and oxygen atoms in total. The number of nitrogens with zero attached hydrogens (tertiary/aromatic N) is 1. The number of rotatable bonds is 5. The predicted molar refractivity (Wildman–Crippen MR) is 135 cm³/mol. The lowest BCUT2D eigenvalue weighted by Crippen LogP contribution is -2.19. The van der Waals surface area contributed by atoms with Gasteiger partial charge in [-0.05, 0) is 48.2 Å². The molecule has 0 atom stereocenters. The standard InChI is InChI=1S/C24H29NO2SSi2/c1-29(2,3)17-15-21-8-12-22(24(19-21)25(26)27)11-7-20-9-13-23(14-10-20)28-16-18-30(4,5)6/h8-10,12-14,19H,16,18H2,1-6H3. The van der Waals surface area contributed by atoms with E-state index in [-0.39, 0.29) is 10.6 Å². The van der Waals surface area contributed by atoms with Crippen LogP contribution >= 0.6 is 11.8 Å². The van der Waals surface area contributed by atoms with Gasteiger partial charge in [0.15, 0.2) is 0 Å². The Bertz CT molecular complexity index is 1030. The van der Waals surface area contributed by atoms with Gasteiger partial charge in [0.1, 0.15) is 13.6 Å². The zero-order valence-corrected chi connectivity index (χ0v) is 21.4. The van der Waals surface area contributed by atoms with E-state index < -0.39 is 16.1 Å². The summed E-state index contributed by atoms with van der Waals surface area (Å²) in [5, 5.41) is 11.5. The molecule has 0 heterocycles. The van der Waals surface area contributed by atoms with E-state index in [9.17, 15) is 10.1 Å². The number of hydrogen-bond donors (Lipinski definition) is 0. The van der Waals surface area contributed by atoms with E-state index in [1.165, 1.54) is 17.0 Å². The van der Waals surface area contributed by atoms with Crippen LogP contribution in [0, 0.1) is 33.4 Å². The van der Waals surface area contributed by atoms with Gasteiger partial charge in [-0.3, -0.25) is 10.1 Å². The third-order valence-electron chi connectivity index (χ3n) is 4.09. The lowest BCUT2D eigenvalue weighted by atomic mass is 10.1. The van der Waals surface area contributed by atoms with Crippen LogP contribution in [0.5, 0.6) is 0 Å². The molecule has 0 N–H and O–H groups in total. The minimum atomic E-state index is -1.54. The van der Waals surface area contributed by atoms with Gasteiger partial charge in [0.2, 0.25) is 0 Å². The third-order valence-corrected chi connectivity index (χ3v) is 8.09. The summed E-state index contributed by atoms with van der Waals surface area (Å²) in [5.74, 6) is 10.2. The molecule has 0 saturated heterocycles. The van der Waals surface area contributed by atoms with Crippen LogP contribution in [-0.2, 0) is 0 Å². The Kier molecular flexibility index (Phi) is 8.14. The maximum Gasteiger partial charge on any atom is 0.286 e. The SMILES string of the molecule is C[Si](C)(C)C#Cc1ccc(C#Cc2ccc(SCC[Si](C)(C)C)cc2)c([N+](=O)[O-])c1. The fourth-order valence-corrected chi connectivity index (χ4v) is 6.32. The van der Waals surface area contributed by atoms with Crippen LogP contribution in [-0.4, -0.2) is 26.8 Å². The Balaban J connectivity index is 2.16. The molecule has 30 heavy (non-hydrogen) atoms. The van der Waals surface area contributed by atoms with Gasteiger partial charge in [-0.2, -0.15) is 0 Å². The maximum atomic E-state index is 11.5. The summed E-state index contributed by atoms with van der Waals surface area (Å²) in [6.07, 6.45) is 0. The van der Waals surface area contributed by atoms with E-state index >= 15 is 0 Å². The van der Waals surface area contributed by atoms with Crippen molar-refractivity contribution in [2.75, 3.05) is 5.75 Å². The van der Waals surface area contributed by atoms with Crippen molar-refractivity contribution in [3.8, 4) is 23.3 Å². The zero-order valence-electron chi connectivity index (χ0n) is 18.6. The molecule has 0 aliphatic carbocycles. The first-order valence-electron chi connectivity index (χ1n) is 9.99. The third kappa shape index (κ3) is 8.63. The Hall–Kier alpha value is -2.26. The van der Waals surface area contributed by atoms with Crippen LogP contribution in [0.1, 0.15) is 16.7 Å². The minimum absolute atomic E-state index is 0.00315. The predicted octanol–water partition coefficient (Wildman–Crippen LogP) is 6.65. The molecule has 0 bridgehead atoms. The number of nitro groups is 1. The summed E-state index contributed by atoms with van der Waals surface area (Å²) in [6, 6.07) is 14.4. The van der Waals surface area contributed by atoms with Crippen molar-refractivity contribution in [1.29, 1.82) is 0 Å². The van der Waals surface area contributed by atoms with Crippen molar-refractivity contribution in [2.45, 2.75) is 50.2 Å². The van der Waals surface area contributed by atoms with Gasteiger partial charge in [-0.1, -0.05) is 57.0 Å². The second kappa shape index (κ2) is 10.2. The average molecular weight is 452 g/mol. The molecule has 0 amide bonds. The Morgan fingerprint density at radius 2 is 1.53 bits per heavy atom. The van der Waals surface area contributed by atoms with Crippen molar-refractivity contribution in [2.24, 2.45) is 0 Å². The molecule has 0 aromatic heterocycles. The monoisotopic (exact) mass is 451 g/mol. The van der Waals surface area contributed by atoms with E-state index in [1.54, 1.807) is 6.07 Å². The van der Waals surface area contributed by atoms with E-state index in [4.69, 9.17) is 0 Å². The number of benzene rings is 2. The lowest BCUT2D eigenvalue weighted by Gasteiger charge is -2.14. The molecule has 0 radical (unpaired) electrons. The molecule has 2 rings (SSSR count). The summed E-state index contributed by atoms with van der Waals surface area (Å²) in [4.78, 5) is 12.3. The first-order valence-corrected chi connectivity index (χ1v) is 18.2. The topological polar surface area (TPSA) is 43.1 Å². The molecule has 0 unspecified atom stereocenters. The first-order chi connectivity index (χ1) is 13.9. The molecular formula is C24H29NO2SSi2. The number of hydrogen-bond acceptors (Lipinski definition) is 3. The van der Waals surface area contributed by atoms with E-state index in [2.05, 4.69) is 74.7 Å². The van der Waals surface area contributed by atoms with Crippen LogP contribution in [0.3, 0.4) is 0 Å². The summed E-state index contributed by atoms with van der Waals surface area (Å²) in [5.41, 5.74) is 5.16. The van der Waals surface area contributed by atoms with Gasteiger partial charge < -0.3 is 0 Å². The minimum Gasteiger partial charge on any atom is -0.258 e. The molecule has 156 valence electrons. The van der Waals surface area contributed by atoms with E-state index in [0.717, 1.165) is 11.3 Å². The fourth-order valence-electron chi connectivity index (χ4n) is 2.37. The normalized spacial score (nSPS) is 11.1. The van der Waals surface area contributed by atoms with Crippen LogP contribution < -0.4 is 0 Å². The largest absolute Gasteiger partial charge is 0.286 e. The van der Waals surface area contributed by atoms with Crippen molar-refractivity contribution < 1.29 is 4.92 Å². The highest BCUT2D eigenvalue weighted by Gasteiger charge is 2.14. The van der Waals surface area contributed by atoms with Gasteiger partial charge in [0.25, 0.3) is 5.69 Å². The quantitative estimate of drug-likeness (QED) is 0.168. The summed E-state index contributed by atoms with van der Waals surface area (Å²) in [6.45, 7) is 13.6. The molecule has 0 aliphatic rings. The summed E-state index contributed by atoms with van der Waals surface area (Å²) in [7, 11) is -2.55. The van der Waals surface area contributed by atoms with Crippen molar-refractivity contribution in [1.82, 2.24) is 0 Å². The van der Waals surface area contributed by atoms with Crippen molar-refractivity contribution in [3.63, 3.8) is 0 Å². The van der Waals surface area contributed by atoms with E-state index in [0.29, 0.717) is 11.1 Å². The smallest absolute Gasteiger partial charge is 0.258 e. The van der Waals surface area contributed by atoms with Gasteiger partial charge in [0.05, 0.1) is 4.92 Å². The second-order valence-corrected chi connectivity index (χ2v) is 21.0. The molecule has 2 aromatic rings. The maximum absolute atomic E-state index is 11.5. The Labute approximate surface area is 186 Å². The number of thioether (sulfide) groups is 1. The van der Waals surface area contributed by atoms with Crippen molar-refractivity contribution in [3.05, 3.63) is 69.3 Å². The summed E-state index contributed by atoms with van der Waals surface area (Å²) < 4.78 is 0. The van der Waals surface area contributed by atoms with Crippen LogP contribution in [0.4, 0.5) is 5.69 Å². The molecule has 2 aromatic carbocycles. The van der Waals surface area contributed by atoms with Gasteiger partial charge >= 0.3 is 0 Å². The first kappa shape index (κ1) is 24.0. The Morgan fingerprint density at radius 1 is 0.900 bits per heavy atom. The number of nitro benzene ring substituents is 1. The molecule has 0 saturated carbocycles. The average Bonchev–Trinajstić information content (AvgIpc) is 2.64. The van der Waals surface area contributed by atoms with Crippen LogP contribution in [0.25, 0.3) is 0 Å². The fraction of sp³-hybridized carbons (Fsp3) is 0.333. The molecular weight excluding hydrogens is 423 g/mol. The highest BCUT2D eigenvalue weighted by molar-refractivity contribution is 7.99. The molecule has 6 heteroatoms. The van der Waals surface area contributed by atoms with Crippen LogP contribution in [0.2, 0.25) is 45.3 Å². The lowest BCUT2D eigenvalue weighted by molar-refractivity contribution is -0.385. The van der Waals surface area contributed by atoms with Gasteiger partial charge in [-0.25, -0.2) is 0 Å². The van der Waals surface area contributed by atoms with Crippen LogP contribution in [0.15, 0.2) is 47.4 Å². The van der Waals surface area contributed by atoms with E-state index in [1.807, 2.05) is 30.0 Å². The second-order valence-electron chi connectivity index (χ2n) is 9.42. The molecule has 0 aliphatic heterocycles. The zero-order chi connectivity index (χ0) is 22.4. The Morgan fingerprint density at radius 3 is 2.10 bits per heavy atom. The van der Waals surface area contributed by atoms with Crippen molar-refractivity contribution >= 4 is 33.6 Å². The van der Waals surface area contributed by atoms with Gasteiger partial charge in [0, 0.05) is 30.2 Å². The summed E-state index contributed by atoms with van der Waals surface area (Å²) >= 11 is 1.87. The highest BCUT2D eigenvalue weighted by Crippen LogP contribution is 2.23. The molecule has 0 fully saturated rings.